The predicted molar refractivity (Wildman–Crippen MR) is 103 cm³/mol. The van der Waals surface area contributed by atoms with Crippen LogP contribution in [0.1, 0.15) is 38.5 Å². The van der Waals surface area contributed by atoms with E-state index < -0.39 is 0 Å². The molecule has 2 aliphatic heterocycles. The Bertz CT molecular complexity index is 651. The monoisotopic (exact) mass is 370 g/mol. The molecule has 1 aliphatic carbocycles. The van der Waals surface area contributed by atoms with E-state index in [2.05, 4.69) is 0 Å². The van der Waals surface area contributed by atoms with E-state index in [9.17, 15) is 9.59 Å². The van der Waals surface area contributed by atoms with Gasteiger partial charge in [0.1, 0.15) is 5.75 Å². The number of carbonyl (C=O) groups excluding carboxylic acids is 2. The van der Waals surface area contributed by atoms with Crippen molar-refractivity contribution in [3.8, 4) is 5.75 Å². The van der Waals surface area contributed by atoms with Gasteiger partial charge < -0.3 is 14.5 Å². The summed E-state index contributed by atoms with van der Waals surface area (Å²) in [5.41, 5.74) is 0. The Morgan fingerprint density at radius 1 is 0.852 bits per heavy atom. The largest absolute Gasteiger partial charge is 0.493 e. The molecule has 1 saturated carbocycles. The molecule has 0 bridgehead atoms. The Morgan fingerprint density at radius 3 is 2.22 bits per heavy atom. The van der Waals surface area contributed by atoms with E-state index in [0.717, 1.165) is 70.5 Å². The van der Waals surface area contributed by atoms with Crippen molar-refractivity contribution in [3.05, 3.63) is 30.3 Å². The number of carbonyl (C=O) groups is 2. The number of benzene rings is 1. The van der Waals surface area contributed by atoms with E-state index in [1.807, 2.05) is 40.1 Å². The van der Waals surface area contributed by atoms with Gasteiger partial charge in [-0.05, 0) is 50.7 Å². The third-order valence-electron chi connectivity index (χ3n) is 6.14. The number of amides is 2. The van der Waals surface area contributed by atoms with Crippen LogP contribution in [-0.4, -0.2) is 54.4 Å². The van der Waals surface area contributed by atoms with Crippen molar-refractivity contribution >= 4 is 11.8 Å². The topological polar surface area (TPSA) is 49.9 Å². The summed E-state index contributed by atoms with van der Waals surface area (Å²) in [6.45, 7) is 3.83. The molecule has 1 aromatic rings. The fraction of sp³-hybridized carbons (Fsp3) is 0.636. The number of piperidine rings is 2. The second-order valence-corrected chi connectivity index (χ2v) is 8.29. The Kier molecular flexibility index (Phi) is 5.65. The Labute approximate surface area is 161 Å². The highest BCUT2D eigenvalue weighted by molar-refractivity contribution is 5.82. The fourth-order valence-electron chi connectivity index (χ4n) is 4.33. The van der Waals surface area contributed by atoms with Gasteiger partial charge in [-0.2, -0.15) is 0 Å². The summed E-state index contributed by atoms with van der Waals surface area (Å²) in [5.74, 6) is 2.27. The van der Waals surface area contributed by atoms with Crippen LogP contribution in [-0.2, 0) is 9.59 Å². The SMILES string of the molecule is O=C(C1CC1)N1CCC(C(=O)N2CCC[C@@H](COc3ccccc3)C2)CC1. The smallest absolute Gasteiger partial charge is 0.225 e. The lowest BCUT2D eigenvalue weighted by Crippen LogP contribution is -2.48. The fourth-order valence-corrected chi connectivity index (χ4v) is 4.33. The van der Waals surface area contributed by atoms with Gasteiger partial charge >= 0.3 is 0 Å². The molecule has 0 unspecified atom stereocenters. The number of rotatable bonds is 5. The van der Waals surface area contributed by atoms with Gasteiger partial charge in [0.15, 0.2) is 0 Å². The third kappa shape index (κ3) is 4.63. The van der Waals surface area contributed by atoms with E-state index >= 15 is 0 Å². The maximum absolute atomic E-state index is 13.0. The van der Waals surface area contributed by atoms with Crippen LogP contribution in [0.3, 0.4) is 0 Å². The zero-order valence-corrected chi connectivity index (χ0v) is 16.0. The Hall–Kier alpha value is -2.04. The van der Waals surface area contributed by atoms with E-state index in [4.69, 9.17) is 4.74 Å². The van der Waals surface area contributed by atoms with Gasteiger partial charge in [-0.1, -0.05) is 18.2 Å². The average Bonchev–Trinajstić information content (AvgIpc) is 3.58. The summed E-state index contributed by atoms with van der Waals surface area (Å²) in [6, 6.07) is 9.89. The maximum Gasteiger partial charge on any atom is 0.225 e. The molecule has 3 aliphatic rings. The van der Waals surface area contributed by atoms with Gasteiger partial charge in [-0.25, -0.2) is 0 Å². The zero-order valence-electron chi connectivity index (χ0n) is 16.0. The highest BCUT2D eigenvalue weighted by atomic mass is 16.5. The van der Waals surface area contributed by atoms with Crippen molar-refractivity contribution in [2.45, 2.75) is 38.5 Å². The number of likely N-dealkylation sites (tertiary alicyclic amines) is 2. The minimum atomic E-state index is 0.0852. The first-order valence-electron chi connectivity index (χ1n) is 10.5. The third-order valence-corrected chi connectivity index (χ3v) is 6.14. The number of hydrogen-bond donors (Lipinski definition) is 0. The summed E-state index contributed by atoms with van der Waals surface area (Å²) < 4.78 is 5.91. The average molecular weight is 370 g/mol. The number of para-hydroxylation sites is 1. The normalized spacial score (nSPS) is 23.9. The molecule has 4 rings (SSSR count). The zero-order chi connectivity index (χ0) is 18.6. The van der Waals surface area contributed by atoms with Gasteiger partial charge in [-0.15, -0.1) is 0 Å². The van der Waals surface area contributed by atoms with Gasteiger partial charge in [0, 0.05) is 43.9 Å². The molecule has 0 radical (unpaired) electrons. The summed E-state index contributed by atoms with van der Waals surface area (Å²) >= 11 is 0. The number of nitrogens with zero attached hydrogens (tertiary/aromatic N) is 2. The van der Waals surface area contributed by atoms with Crippen molar-refractivity contribution in [2.75, 3.05) is 32.8 Å². The first-order chi connectivity index (χ1) is 13.2. The molecule has 0 N–H and O–H groups in total. The van der Waals surface area contributed by atoms with E-state index in [1.165, 1.54) is 0 Å². The predicted octanol–water partition coefficient (Wildman–Crippen LogP) is 2.95. The van der Waals surface area contributed by atoms with Crippen molar-refractivity contribution in [1.29, 1.82) is 0 Å². The number of ether oxygens (including phenoxy) is 1. The quantitative estimate of drug-likeness (QED) is 0.801. The lowest BCUT2D eigenvalue weighted by molar-refractivity contribution is -0.142. The summed E-state index contributed by atoms with van der Waals surface area (Å²) in [4.78, 5) is 29.2. The summed E-state index contributed by atoms with van der Waals surface area (Å²) in [7, 11) is 0. The van der Waals surface area contributed by atoms with Crippen LogP contribution >= 0.6 is 0 Å². The van der Waals surface area contributed by atoms with Gasteiger partial charge in [0.25, 0.3) is 0 Å². The number of hydrogen-bond acceptors (Lipinski definition) is 3. The molecule has 0 spiro atoms. The standard InChI is InChI=1S/C22H30N2O3/c25-21(18-8-9-18)23-13-10-19(11-14-23)22(26)24-12-4-5-17(15-24)16-27-20-6-2-1-3-7-20/h1-3,6-7,17-19H,4-5,8-16H2/t17-/m1/s1. The van der Waals surface area contributed by atoms with Crippen LogP contribution in [0.4, 0.5) is 0 Å². The highest BCUT2D eigenvalue weighted by Crippen LogP contribution is 2.33. The second kappa shape index (κ2) is 8.32. The minimum absolute atomic E-state index is 0.0852. The highest BCUT2D eigenvalue weighted by Gasteiger charge is 2.37. The summed E-state index contributed by atoms with van der Waals surface area (Å²) in [5, 5.41) is 0. The van der Waals surface area contributed by atoms with Gasteiger partial charge in [0.2, 0.25) is 11.8 Å². The lowest BCUT2D eigenvalue weighted by atomic mass is 9.92. The second-order valence-electron chi connectivity index (χ2n) is 8.29. The first kappa shape index (κ1) is 18.3. The molecule has 0 aromatic heterocycles. The van der Waals surface area contributed by atoms with Crippen LogP contribution in [0.25, 0.3) is 0 Å². The van der Waals surface area contributed by atoms with Gasteiger partial charge in [0.05, 0.1) is 6.61 Å². The van der Waals surface area contributed by atoms with Crippen molar-refractivity contribution in [1.82, 2.24) is 9.80 Å². The lowest BCUT2D eigenvalue weighted by Gasteiger charge is -2.37. The molecular formula is C22H30N2O3. The Balaban J connectivity index is 1.24. The summed E-state index contributed by atoms with van der Waals surface area (Å²) in [6.07, 6.45) is 5.91. The molecule has 3 fully saturated rings. The molecule has 27 heavy (non-hydrogen) atoms. The molecule has 2 saturated heterocycles. The van der Waals surface area contributed by atoms with Gasteiger partial charge in [-0.3, -0.25) is 9.59 Å². The minimum Gasteiger partial charge on any atom is -0.493 e. The van der Waals surface area contributed by atoms with Crippen LogP contribution in [0, 0.1) is 17.8 Å². The van der Waals surface area contributed by atoms with Crippen molar-refractivity contribution < 1.29 is 14.3 Å². The molecular weight excluding hydrogens is 340 g/mol. The van der Waals surface area contributed by atoms with Crippen molar-refractivity contribution in [3.63, 3.8) is 0 Å². The molecule has 1 aromatic carbocycles. The Morgan fingerprint density at radius 2 is 1.52 bits per heavy atom. The van der Waals surface area contributed by atoms with Crippen LogP contribution in [0.15, 0.2) is 30.3 Å². The molecule has 5 heteroatoms. The molecule has 2 amide bonds. The molecule has 2 heterocycles. The maximum atomic E-state index is 13.0. The van der Waals surface area contributed by atoms with Crippen molar-refractivity contribution in [2.24, 2.45) is 17.8 Å². The first-order valence-corrected chi connectivity index (χ1v) is 10.5. The van der Waals surface area contributed by atoms with E-state index in [-0.39, 0.29) is 17.7 Å². The van der Waals surface area contributed by atoms with E-state index in [1.54, 1.807) is 0 Å². The molecule has 5 nitrogen and oxygen atoms in total. The van der Waals surface area contributed by atoms with E-state index in [0.29, 0.717) is 18.4 Å². The molecule has 1 atom stereocenters. The van der Waals surface area contributed by atoms with Crippen LogP contribution < -0.4 is 4.74 Å². The van der Waals surface area contributed by atoms with Crippen LogP contribution in [0.5, 0.6) is 5.75 Å². The van der Waals surface area contributed by atoms with Crippen LogP contribution in [0.2, 0.25) is 0 Å². The molecule has 146 valence electrons.